The van der Waals surface area contributed by atoms with Crippen LogP contribution in [-0.2, 0) is 11.3 Å². The zero-order valence-electron chi connectivity index (χ0n) is 16.3. The van der Waals surface area contributed by atoms with Crippen LogP contribution in [0.4, 0.5) is 4.39 Å². The number of amides is 1. The molecule has 0 atom stereocenters. The quantitative estimate of drug-likeness (QED) is 0.647. The molecule has 8 nitrogen and oxygen atoms in total. The minimum atomic E-state index is -0.346. The predicted molar refractivity (Wildman–Crippen MR) is 106 cm³/mol. The number of carbonyl (C=O) groups excluding carboxylic acids is 1. The van der Waals surface area contributed by atoms with Gasteiger partial charge in [-0.15, -0.1) is 0 Å². The largest absolute Gasteiger partial charge is 0.340 e. The number of rotatable bonds is 5. The van der Waals surface area contributed by atoms with Gasteiger partial charge < -0.3 is 9.80 Å². The first-order valence-electron chi connectivity index (χ1n) is 9.76. The molecule has 0 radical (unpaired) electrons. The van der Waals surface area contributed by atoms with Crippen molar-refractivity contribution in [3.63, 3.8) is 0 Å². The van der Waals surface area contributed by atoms with Crippen molar-refractivity contribution in [1.82, 2.24) is 29.1 Å². The molecule has 1 aliphatic rings. The molecular formula is C20H23FN6O2. The Hall–Kier alpha value is -3.07. The topological polar surface area (TPSA) is 76.3 Å². The number of benzene rings is 1. The molecule has 0 spiro atoms. The number of carbonyl (C=O) groups is 1. The monoisotopic (exact) mass is 398 g/mol. The van der Waals surface area contributed by atoms with Crippen LogP contribution in [0.15, 0.2) is 41.6 Å². The van der Waals surface area contributed by atoms with Crippen molar-refractivity contribution in [2.24, 2.45) is 0 Å². The molecule has 152 valence electrons. The first-order valence-corrected chi connectivity index (χ1v) is 9.76. The van der Waals surface area contributed by atoms with Crippen LogP contribution in [0.1, 0.15) is 13.3 Å². The van der Waals surface area contributed by atoms with E-state index in [2.05, 4.69) is 21.9 Å². The van der Waals surface area contributed by atoms with Crippen LogP contribution in [0, 0.1) is 5.82 Å². The highest BCUT2D eigenvalue weighted by molar-refractivity contribution is 5.77. The minimum Gasteiger partial charge on any atom is -0.340 e. The van der Waals surface area contributed by atoms with Gasteiger partial charge in [0.05, 0.1) is 18.2 Å². The fourth-order valence-corrected chi connectivity index (χ4v) is 3.57. The molecule has 3 aromatic rings. The average molecular weight is 398 g/mol. The lowest BCUT2D eigenvalue weighted by Gasteiger charge is -2.34. The summed E-state index contributed by atoms with van der Waals surface area (Å²) in [6.07, 6.45) is 3.15. The van der Waals surface area contributed by atoms with E-state index in [1.165, 1.54) is 33.9 Å². The summed E-state index contributed by atoms with van der Waals surface area (Å²) in [7, 11) is 0. The molecule has 0 unspecified atom stereocenters. The van der Waals surface area contributed by atoms with Gasteiger partial charge in [-0.1, -0.05) is 6.92 Å². The molecule has 1 aromatic carbocycles. The van der Waals surface area contributed by atoms with E-state index < -0.39 is 0 Å². The fraction of sp³-hybridized carbons (Fsp3) is 0.400. The molecule has 1 amide bonds. The van der Waals surface area contributed by atoms with Crippen LogP contribution < -0.4 is 5.56 Å². The van der Waals surface area contributed by atoms with Crippen molar-refractivity contribution in [2.45, 2.75) is 19.9 Å². The van der Waals surface area contributed by atoms with Crippen LogP contribution in [0.5, 0.6) is 0 Å². The Balaban J connectivity index is 1.48. The van der Waals surface area contributed by atoms with Crippen molar-refractivity contribution >= 4 is 16.9 Å². The number of nitrogens with zero attached hydrogens (tertiary/aromatic N) is 6. The van der Waals surface area contributed by atoms with Gasteiger partial charge in [-0.25, -0.2) is 14.1 Å². The predicted octanol–water partition coefficient (Wildman–Crippen LogP) is 1.28. The highest BCUT2D eigenvalue weighted by atomic mass is 19.1. The summed E-state index contributed by atoms with van der Waals surface area (Å²) < 4.78 is 16.1. The van der Waals surface area contributed by atoms with Gasteiger partial charge in [0.2, 0.25) is 5.91 Å². The molecule has 0 N–H and O–H groups in total. The summed E-state index contributed by atoms with van der Waals surface area (Å²) in [5, 5.41) is 4.58. The lowest BCUT2D eigenvalue weighted by Crippen LogP contribution is -2.48. The minimum absolute atomic E-state index is 0.0507. The lowest BCUT2D eigenvalue weighted by molar-refractivity contribution is -0.133. The standard InChI is InChI=1S/C20H23FN6O2/c1-2-24-9-11-25(12-10-24)18(28)7-8-26-14-22-19-17(20(26)29)13-23-27(19)16-5-3-15(21)4-6-16/h3-6,13-14H,2,7-12H2,1H3. The summed E-state index contributed by atoms with van der Waals surface area (Å²) in [6.45, 7) is 6.61. The second kappa shape index (κ2) is 8.12. The maximum atomic E-state index is 13.1. The van der Waals surface area contributed by atoms with E-state index in [0.29, 0.717) is 16.7 Å². The van der Waals surface area contributed by atoms with Crippen molar-refractivity contribution in [3.05, 3.63) is 53.0 Å². The number of hydrogen-bond donors (Lipinski definition) is 0. The second-order valence-corrected chi connectivity index (χ2v) is 7.08. The summed E-state index contributed by atoms with van der Waals surface area (Å²) in [6, 6.07) is 5.81. The molecule has 9 heteroatoms. The average Bonchev–Trinajstić information content (AvgIpc) is 3.18. The second-order valence-electron chi connectivity index (χ2n) is 7.08. The smallest absolute Gasteiger partial charge is 0.264 e. The third-order valence-corrected chi connectivity index (χ3v) is 5.36. The maximum absolute atomic E-state index is 13.1. The van der Waals surface area contributed by atoms with Crippen molar-refractivity contribution in [2.75, 3.05) is 32.7 Å². The van der Waals surface area contributed by atoms with Crippen molar-refractivity contribution < 1.29 is 9.18 Å². The van der Waals surface area contributed by atoms with Crippen molar-refractivity contribution in [3.8, 4) is 5.69 Å². The van der Waals surface area contributed by atoms with Crippen LogP contribution >= 0.6 is 0 Å². The number of piperazine rings is 1. The highest BCUT2D eigenvalue weighted by Gasteiger charge is 2.20. The Bertz CT molecular complexity index is 1070. The molecule has 1 aliphatic heterocycles. The van der Waals surface area contributed by atoms with E-state index in [4.69, 9.17) is 0 Å². The van der Waals surface area contributed by atoms with Crippen LogP contribution in [0.25, 0.3) is 16.7 Å². The van der Waals surface area contributed by atoms with E-state index in [1.807, 2.05) is 4.90 Å². The Kier molecular flexibility index (Phi) is 5.39. The summed E-state index contributed by atoms with van der Waals surface area (Å²) in [5.74, 6) is -0.295. The number of halogens is 1. The summed E-state index contributed by atoms with van der Waals surface area (Å²) >= 11 is 0. The van der Waals surface area contributed by atoms with Crippen LogP contribution in [0.2, 0.25) is 0 Å². The van der Waals surface area contributed by atoms with Gasteiger partial charge in [0.25, 0.3) is 5.56 Å². The Morgan fingerprint density at radius 1 is 1.14 bits per heavy atom. The number of aryl methyl sites for hydroxylation is 1. The molecular weight excluding hydrogens is 375 g/mol. The van der Waals surface area contributed by atoms with Gasteiger partial charge in [-0.2, -0.15) is 5.10 Å². The molecule has 1 saturated heterocycles. The molecule has 1 fully saturated rings. The van der Waals surface area contributed by atoms with E-state index in [0.717, 1.165) is 32.7 Å². The van der Waals surface area contributed by atoms with E-state index in [-0.39, 0.29) is 30.2 Å². The summed E-state index contributed by atoms with van der Waals surface area (Å²) in [4.78, 5) is 33.8. The third kappa shape index (κ3) is 3.91. The first kappa shape index (κ1) is 19.3. The third-order valence-electron chi connectivity index (χ3n) is 5.36. The zero-order chi connectivity index (χ0) is 20.4. The Morgan fingerprint density at radius 3 is 2.55 bits per heavy atom. The Labute approximate surface area is 167 Å². The van der Waals surface area contributed by atoms with Crippen LogP contribution in [-0.4, -0.2) is 67.8 Å². The normalized spacial score (nSPS) is 15.2. The molecule has 3 heterocycles. The highest BCUT2D eigenvalue weighted by Crippen LogP contribution is 2.14. The van der Waals surface area contributed by atoms with Gasteiger partial charge in [0.1, 0.15) is 11.2 Å². The molecule has 2 aromatic heterocycles. The molecule has 0 bridgehead atoms. The summed E-state index contributed by atoms with van der Waals surface area (Å²) in [5.41, 5.74) is 0.777. The SMILES string of the molecule is CCN1CCN(C(=O)CCn2cnc3c(cnn3-c3ccc(F)cc3)c2=O)CC1. The van der Waals surface area contributed by atoms with E-state index in [1.54, 1.807) is 12.1 Å². The molecule has 29 heavy (non-hydrogen) atoms. The van der Waals surface area contributed by atoms with Gasteiger partial charge in [0.15, 0.2) is 5.65 Å². The molecule has 4 rings (SSSR count). The Morgan fingerprint density at radius 2 is 1.86 bits per heavy atom. The van der Waals surface area contributed by atoms with E-state index in [9.17, 15) is 14.0 Å². The first-order chi connectivity index (χ1) is 14.1. The lowest BCUT2D eigenvalue weighted by atomic mass is 10.2. The van der Waals surface area contributed by atoms with Gasteiger partial charge in [-0.3, -0.25) is 14.2 Å². The molecule has 0 saturated carbocycles. The number of fused-ring (bicyclic) bond motifs is 1. The van der Waals surface area contributed by atoms with Gasteiger partial charge in [0, 0.05) is 39.1 Å². The van der Waals surface area contributed by atoms with E-state index >= 15 is 0 Å². The molecule has 0 aliphatic carbocycles. The zero-order valence-corrected chi connectivity index (χ0v) is 16.3. The van der Waals surface area contributed by atoms with Gasteiger partial charge >= 0.3 is 0 Å². The fourth-order valence-electron chi connectivity index (χ4n) is 3.57. The van der Waals surface area contributed by atoms with Crippen LogP contribution in [0.3, 0.4) is 0 Å². The van der Waals surface area contributed by atoms with Gasteiger partial charge in [-0.05, 0) is 30.8 Å². The number of likely N-dealkylation sites (N-methyl/N-ethyl adjacent to an activating group) is 1. The maximum Gasteiger partial charge on any atom is 0.264 e. The number of hydrogen-bond acceptors (Lipinski definition) is 5. The number of aromatic nitrogens is 4. The van der Waals surface area contributed by atoms with Crippen molar-refractivity contribution in [1.29, 1.82) is 0 Å².